The standard InChI is InChI=1S/C25H18F2N4O4S2/c26-24(27)35-14-8-6-13(7-9-14)31-23(33)17(11-15-3-2-10-34-15)28-25(31)36-12-19-29-21(32)20-16-4-1-5-18(16)37-22(20)30-19/h2-3,6-11,24H,1,4-5,12H2,(H,29,30,32). The highest BCUT2D eigenvalue weighted by atomic mass is 32.2. The zero-order chi connectivity index (χ0) is 25.5. The second-order valence-electron chi connectivity index (χ2n) is 8.29. The van der Waals surface area contributed by atoms with Gasteiger partial charge in [0.1, 0.15) is 27.9 Å². The topological polar surface area (TPSA) is 101 Å². The smallest absolute Gasteiger partial charge is 0.387 e. The number of ether oxygens (including phenoxy) is 1. The normalized spacial score (nSPS) is 16.3. The molecule has 1 N–H and O–H groups in total. The Kier molecular flexibility index (Phi) is 6.13. The molecule has 37 heavy (non-hydrogen) atoms. The largest absolute Gasteiger partial charge is 0.465 e. The van der Waals surface area contributed by atoms with Crippen LogP contribution in [-0.4, -0.2) is 27.7 Å². The molecule has 4 aromatic rings. The van der Waals surface area contributed by atoms with E-state index in [4.69, 9.17) is 4.42 Å². The van der Waals surface area contributed by atoms with Gasteiger partial charge in [0, 0.05) is 11.0 Å². The van der Waals surface area contributed by atoms with Gasteiger partial charge in [-0.1, -0.05) is 11.8 Å². The lowest BCUT2D eigenvalue weighted by molar-refractivity contribution is -0.113. The number of furan rings is 1. The van der Waals surface area contributed by atoms with Gasteiger partial charge in [0.2, 0.25) is 0 Å². The molecule has 0 saturated carbocycles. The maximum Gasteiger partial charge on any atom is 0.387 e. The van der Waals surface area contributed by atoms with Crippen LogP contribution in [0.4, 0.5) is 14.5 Å². The number of H-pyrrole nitrogens is 1. The minimum atomic E-state index is -2.95. The number of thiophene rings is 1. The van der Waals surface area contributed by atoms with E-state index in [0.29, 0.717) is 27.8 Å². The number of thioether (sulfide) groups is 1. The number of benzene rings is 1. The van der Waals surface area contributed by atoms with Crippen LogP contribution < -0.4 is 15.2 Å². The highest BCUT2D eigenvalue weighted by Gasteiger charge is 2.32. The van der Waals surface area contributed by atoms with Crippen molar-refractivity contribution in [3.8, 4) is 5.75 Å². The Morgan fingerprint density at radius 3 is 2.81 bits per heavy atom. The van der Waals surface area contributed by atoms with Crippen LogP contribution in [0, 0.1) is 0 Å². The third-order valence-corrected chi connectivity index (χ3v) is 8.07. The number of aromatic amines is 1. The first kappa shape index (κ1) is 23.6. The van der Waals surface area contributed by atoms with Crippen LogP contribution in [-0.2, 0) is 23.4 Å². The second kappa shape index (κ2) is 9.60. The van der Waals surface area contributed by atoms with E-state index in [1.54, 1.807) is 23.5 Å². The number of anilines is 1. The Bertz CT molecular complexity index is 1610. The van der Waals surface area contributed by atoms with Crippen molar-refractivity contribution >= 4 is 56.2 Å². The Labute approximate surface area is 216 Å². The summed E-state index contributed by atoms with van der Waals surface area (Å²) in [6, 6.07) is 9.11. The van der Waals surface area contributed by atoms with Crippen molar-refractivity contribution in [2.45, 2.75) is 31.6 Å². The summed E-state index contributed by atoms with van der Waals surface area (Å²) in [5.41, 5.74) is 1.52. The number of amides is 1. The number of nitrogens with zero attached hydrogens (tertiary/aromatic N) is 3. The van der Waals surface area contributed by atoms with Crippen molar-refractivity contribution in [3.63, 3.8) is 0 Å². The van der Waals surface area contributed by atoms with Crippen LogP contribution in [0.15, 0.2) is 62.6 Å². The summed E-state index contributed by atoms with van der Waals surface area (Å²) in [5.74, 6) is 0.758. The summed E-state index contributed by atoms with van der Waals surface area (Å²) in [7, 11) is 0. The number of carbonyl (C=O) groups excluding carboxylic acids is 1. The first-order valence-corrected chi connectivity index (χ1v) is 13.2. The van der Waals surface area contributed by atoms with Crippen molar-refractivity contribution in [1.82, 2.24) is 9.97 Å². The summed E-state index contributed by atoms with van der Waals surface area (Å²) in [6.45, 7) is -2.95. The number of aromatic nitrogens is 2. The third-order valence-electron chi connectivity index (χ3n) is 5.93. The molecule has 3 aromatic heterocycles. The average Bonchev–Trinajstić information content (AvgIpc) is 3.64. The Hall–Kier alpha value is -3.77. The molecule has 0 atom stereocenters. The van der Waals surface area contributed by atoms with Crippen LogP contribution in [0.5, 0.6) is 5.75 Å². The lowest BCUT2D eigenvalue weighted by atomic mass is 10.2. The molecule has 4 heterocycles. The van der Waals surface area contributed by atoms with Gasteiger partial charge >= 0.3 is 6.61 Å². The molecule has 6 rings (SSSR count). The molecule has 1 aliphatic heterocycles. The maximum atomic E-state index is 13.3. The van der Waals surface area contributed by atoms with E-state index >= 15 is 0 Å². The molecule has 0 fully saturated rings. The van der Waals surface area contributed by atoms with Crippen molar-refractivity contribution in [1.29, 1.82) is 0 Å². The van der Waals surface area contributed by atoms with E-state index in [2.05, 4.69) is 19.7 Å². The Morgan fingerprint density at radius 2 is 2.05 bits per heavy atom. The lowest BCUT2D eigenvalue weighted by Gasteiger charge is -2.18. The fourth-order valence-electron chi connectivity index (χ4n) is 4.35. The van der Waals surface area contributed by atoms with Gasteiger partial charge in [-0.25, -0.2) is 9.98 Å². The number of fused-ring (bicyclic) bond motifs is 3. The Balaban J connectivity index is 1.30. The summed E-state index contributed by atoms with van der Waals surface area (Å²) in [5, 5.41) is 1.03. The fourth-order valence-corrected chi connectivity index (χ4v) is 6.52. The number of amidine groups is 1. The number of rotatable bonds is 6. The summed E-state index contributed by atoms with van der Waals surface area (Å²) < 4.78 is 34.8. The molecule has 188 valence electrons. The monoisotopic (exact) mass is 540 g/mol. The zero-order valence-electron chi connectivity index (χ0n) is 19.1. The second-order valence-corrected chi connectivity index (χ2v) is 10.3. The quantitative estimate of drug-likeness (QED) is 0.331. The van der Waals surface area contributed by atoms with Gasteiger partial charge in [0.25, 0.3) is 11.5 Å². The van der Waals surface area contributed by atoms with Crippen LogP contribution >= 0.6 is 23.1 Å². The van der Waals surface area contributed by atoms with E-state index in [1.165, 1.54) is 58.1 Å². The van der Waals surface area contributed by atoms with Crippen molar-refractivity contribution < 1.29 is 22.7 Å². The maximum absolute atomic E-state index is 13.3. The number of hydrogen-bond acceptors (Lipinski definition) is 8. The summed E-state index contributed by atoms with van der Waals surface area (Å²) in [6.07, 6.45) is 5.94. The molecular formula is C25H18F2N4O4S2. The van der Waals surface area contributed by atoms with Gasteiger partial charge in [0.05, 0.1) is 23.1 Å². The average molecular weight is 541 g/mol. The van der Waals surface area contributed by atoms with Gasteiger partial charge in [0.15, 0.2) is 5.17 Å². The first-order valence-electron chi connectivity index (χ1n) is 11.4. The predicted molar refractivity (Wildman–Crippen MR) is 138 cm³/mol. The van der Waals surface area contributed by atoms with Crippen molar-refractivity contribution in [2.24, 2.45) is 4.99 Å². The molecule has 0 saturated heterocycles. The molecule has 0 spiro atoms. The van der Waals surface area contributed by atoms with Gasteiger partial charge < -0.3 is 14.1 Å². The third kappa shape index (κ3) is 4.58. The van der Waals surface area contributed by atoms with Crippen LogP contribution in [0.1, 0.15) is 28.4 Å². The van der Waals surface area contributed by atoms with Crippen LogP contribution in [0.2, 0.25) is 0 Å². The molecule has 12 heteroatoms. The number of halogens is 2. The lowest BCUT2D eigenvalue weighted by Crippen LogP contribution is -2.30. The van der Waals surface area contributed by atoms with E-state index in [0.717, 1.165) is 29.7 Å². The molecule has 2 aliphatic rings. The van der Waals surface area contributed by atoms with Gasteiger partial charge in [-0.2, -0.15) is 8.78 Å². The molecule has 8 nitrogen and oxygen atoms in total. The Morgan fingerprint density at radius 1 is 1.22 bits per heavy atom. The van der Waals surface area contributed by atoms with Crippen LogP contribution in [0.25, 0.3) is 16.3 Å². The van der Waals surface area contributed by atoms with E-state index < -0.39 is 12.5 Å². The number of nitrogens with one attached hydrogen (secondary N) is 1. The number of carbonyl (C=O) groups is 1. The zero-order valence-corrected chi connectivity index (χ0v) is 20.7. The van der Waals surface area contributed by atoms with Gasteiger partial charge in [-0.3, -0.25) is 14.5 Å². The number of aryl methyl sites for hydroxylation is 2. The molecule has 1 aliphatic carbocycles. The molecule has 1 aromatic carbocycles. The van der Waals surface area contributed by atoms with E-state index in [1.807, 2.05) is 0 Å². The predicted octanol–water partition coefficient (Wildman–Crippen LogP) is 5.34. The highest BCUT2D eigenvalue weighted by Crippen LogP contribution is 2.35. The fraction of sp³-hybridized carbons (Fsp3) is 0.200. The number of alkyl halides is 2. The molecule has 0 bridgehead atoms. The van der Waals surface area contributed by atoms with Gasteiger partial charge in [-0.15, -0.1) is 11.3 Å². The van der Waals surface area contributed by atoms with E-state index in [-0.39, 0.29) is 22.8 Å². The molecule has 0 unspecified atom stereocenters. The minimum absolute atomic E-state index is 0.0270. The molecule has 0 radical (unpaired) electrons. The first-order chi connectivity index (χ1) is 18.0. The summed E-state index contributed by atoms with van der Waals surface area (Å²) >= 11 is 2.79. The van der Waals surface area contributed by atoms with E-state index in [9.17, 15) is 18.4 Å². The number of hydrogen-bond donors (Lipinski definition) is 1. The molecular weight excluding hydrogens is 522 g/mol. The number of aliphatic imine (C=N–C) groups is 1. The SMILES string of the molecule is O=C1C(=Cc2ccco2)N=C(SCc2nc3sc4c(c3c(=O)[nH]2)CCC4)N1c1ccc(OC(F)F)cc1. The van der Waals surface area contributed by atoms with Crippen molar-refractivity contribution in [2.75, 3.05) is 4.90 Å². The molecule has 1 amide bonds. The highest BCUT2D eigenvalue weighted by molar-refractivity contribution is 8.13. The van der Waals surface area contributed by atoms with Gasteiger partial charge in [-0.05, 0) is 61.2 Å². The summed E-state index contributed by atoms with van der Waals surface area (Å²) in [4.78, 5) is 41.5. The minimum Gasteiger partial charge on any atom is -0.465 e. The van der Waals surface area contributed by atoms with Crippen molar-refractivity contribution in [3.05, 3.63) is 80.7 Å². The van der Waals surface area contributed by atoms with Crippen LogP contribution in [0.3, 0.4) is 0 Å².